The van der Waals surface area contributed by atoms with Crippen LogP contribution < -0.4 is 10.9 Å². The second-order valence-electron chi connectivity index (χ2n) is 7.62. The third-order valence-corrected chi connectivity index (χ3v) is 5.56. The minimum atomic E-state index is -0.259. The van der Waals surface area contributed by atoms with Gasteiger partial charge in [-0.15, -0.1) is 0 Å². The van der Waals surface area contributed by atoms with Gasteiger partial charge in [-0.25, -0.2) is 4.98 Å². The number of hydrogen-bond acceptors (Lipinski definition) is 6. The van der Waals surface area contributed by atoms with Crippen LogP contribution in [0.2, 0.25) is 0 Å². The van der Waals surface area contributed by atoms with Crippen molar-refractivity contribution in [2.45, 2.75) is 0 Å². The standard InChI is InChI=1S/C23H22N6O2/c24-14-15-1-3-18-16(11-15)12-21(26-18)22-23(30)28-20-13-17(2-4-19(20)27-22)25-5-6-29-7-9-31-10-8-29/h1-4,11-13,25-26H,5-10H2,(H,28,30). The molecule has 0 spiro atoms. The number of aromatic nitrogens is 3. The van der Waals surface area contributed by atoms with Crippen molar-refractivity contribution >= 4 is 27.6 Å². The lowest BCUT2D eigenvalue weighted by molar-refractivity contribution is 0.0398. The number of hydrogen-bond donors (Lipinski definition) is 3. The zero-order valence-electron chi connectivity index (χ0n) is 16.9. The van der Waals surface area contributed by atoms with Gasteiger partial charge in [-0.1, -0.05) is 0 Å². The van der Waals surface area contributed by atoms with Gasteiger partial charge in [0.2, 0.25) is 0 Å². The first-order valence-corrected chi connectivity index (χ1v) is 10.3. The summed E-state index contributed by atoms with van der Waals surface area (Å²) in [5.74, 6) is 0. The predicted molar refractivity (Wildman–Crippen MR) is 120 cm³/mol. The molecule has 3 heterocycles. The second kappa shape index (κ2) is 8.22. The Hall–Kier alpha value is -3.67. The maximum atomic E-state index is 12.7. The van der Waals surface area contributed by atoms with E-state index in [0.29, 0.717) is 28.0 Å². The van der Waals surface area contributed by atoms with E-state index in [2.05, 4.69) is 31.2 Å². The van der Waals surface area contributed by atoms with Crippen molar-refractivity contribution in [1.29, 1.82) is 5.26 Å². The number of nitrogens with zero attached hydrogens (tertiary/aromatic N) is 3. The highest BCUT2D eigenvalue weighted by atomic mass is 16.5. The molecule has 8 nitrogen and oxygen atoms in total. The molecule has 0 atom stereocenters. The van der Waals surface area contributed by atoms with E-state index in [0.717, 1.165) is 56.0 Å². The number of benzene rings is 2. The van der Waals surface area contributed by atoms with Crippen LogP contribution in [0.1, 0.15) is 5.56 Å². The number of aromatic amines is 2. The number of fused-ring (bicyclic) bond motifs is 2. The van der Waals surface area contributed by atoms with Gasteiger partial charge in [0.25, 0.3) is 5.56 Å². The molecule has 2 aromatic carbocycles. The molecule has 1 aliphatic heterocycles. The molecule has 0 amide bonds. The molecule has 8 heteroatoms. The van der Waals surface area contributed by atoms with Crippen molar-refractivity contribution in [2.75, 3.05) is 44.7 Å². The lowest BCUT2D eigenvalue weighted by Gasteiger charge is -2.26. The number of ether oxygens (including phenoxy) is 1. The van der Waals surface area contributed by atoms with Crippen LogP contribution in [0.4, 0.5) is 5.69 Å². The molecule has 0 aliphatic carbocycles. The Kier molecular flexibility index (Phi) is 5.12. The zero-order chi connectivity index (χ0) is 21.2. The normalized spacial score (nSPS) is 14.7. The van der Waals surface area contributed by atoms with Crippen molar-refractivity contribution in [2.24, 2.45) is 0 Å². The summed E-state index contributed by atoms with van der Waals surface area (Å²) in [6.45, 7) is 5.28. The van der Waals surface area contributed by atoms with Crippen molar-refractivity contribution in [3.05, 3.63) is 58.4 Å². The lowest BCUT2D eigenvalue weighted by atomic mass is 10.1. The smallest absolute Gasteiger partial charge is 0.276 e. The first-order valence-electron chi connectivity index (χ1n) is 10.3. The summed E-state index contributed by atoms with van der Waals surface area (Å²) in [6, 6.07) is 15.1. The van der Waals surface area contributed by atoms with Gasteiger partial charge < -0.3 is 20.0 Å². The summed E-state index contributed by atoms with van der Waals surface area (Å²) < 4.78 is 5.37. The van der Waals surface area contributed by atoms with Gasteiger partial charge in [-0.05, 0) is 42.5 Å². The topological polar surface area (TPSA) is 110 Å². The van der Waals surface area contributed by atoms with Gasteiger partial charge in [0.15, 0.2) is 5.69 Å². The van der Waals surface area contributed by atoms with E-state index < -0.39 is 0 Å². The van der Waals surface area contributed by atoms with Gasteiger partial charge in [0.1, 0.15) is 0 Å². The van der Waals surface area contributed by atoms with Crippen molar-refractivity contribution < 1.29 is 4.74 Å². The summed E-state index contributed by atoms with van der Waals surface area (Å²) in [6.07, 6.45) is 0. The fraction of sp³-hybridized carbons (Fsp3) is 0.261. The number of anilines is 1. The molecule has 2 aromatic heterocycles. The third kappa shape index (κ3) is 4.01. The molecule has 156 valence electrons. The molecule has 3 N–H and O–H groups in total. The van der Waals surface area contributed by atoms with E-state index in [9.17, 15) is 4.79 Å². The number of nitriles is 1. The number of nitrogens with one attached hydrogen (secondary N) is 3. The highest BCUT2D eigenvalue weighted by Gasteiger charge is 2.12. The Labute approximate surface area is 178 Å². The maximum absolute atomic E-state index is 12.7. The average molecular weight is 414 g/mol. The van der Waals surface area contributed by atoms with Crippen LogP contribution in [0.15, 0.2) is 47.3 Å². The molecule has 5 rings (SSSR count). The molecule has 4 aromatic rings. The summed E-state index contributed by atoms with van der Waals surface area (Å²) in [5, 5.41) is 13.4. The molecule has 1 saturated heterocycles. The Bertz CT molecular complexity index is 1340. The highest BCUT2D eigenvalue weighted by Crippen LogP contribution is 2.23. The van der Waals surface area contributed by atoms with Crippen LogP contribution in [0.5, 0.6) is 0 Å². The molecule has 0 unspecified atom stereocenters. The van der Waals surface area contributed by atoms with Gasteiger partial charge in [0, 0.05) is 42.8 Å². The van der Waals surface area contributed by atoms with Gasteiger partial charge in [-0.3, -0.25) is 9.69 Å². The van der Waals surface area contributed by atoms with Crippen LogP contribution in [-0.4, -0.2) is 59.2 Å². The van der Waals surface area contributed by atoms with Gasteiger partial charge in [-0.2, -0.15) is 5.26 Å². The predicted octanol–water partition coefficient (Wildman–Crippen LogP) is 2.69. The quantitative estimate of drug-likeness (QED) is 0.463. The van der Waals surface area contributed by atoms with Crippen molar-refractivity contribution in [3.8, 4) is 17.5 Å². The Morgan fingerprint density at radius 1 is 1.10 bits per heavy atom. The first kappa shape index (κ1) is 19.3. The summed E-state index contributed by atoms with van der Waals surface area (Å²) in [7, 11) is 0. The first-order chi connectivity index (χ1) is 15.2. The Balaban J connectivity index is 1.37. The molecular weight excluding hydrogens is 392 g/mol. The minimum absolute atomic E-state index is 0.259. The highest BCUT2D eigenvalue weighted by molar-refractivity contribution is 5.87. The molecule has 1 aliphatic rings. The monoisotopic (exact) mass is 414 g/mol. The maximum Gasteiger partial charge on any atom is 0.276 e. The fourth-order valence-electron chi connectivity index (χ4n) is 3.89. The Morgan fingerprint density at radius 3 is 2.81 bits per heavy atom. The molecule has 0 radical (unpaired) electrons. The number of rotatable bonds is 5. The summed E-state index contributed by atoms with van der Waals surface area (Å²) >= 11 is 0. The third-order valence-electron chi connectivity index (χ3n) is 5.56. The number of H-pyrrole nitrogens is 2. The Morgan fingerprint density at radius 2 is 1.97 bits per heavy atom. The fourth-order valence-corrected chi connectivity index (χ4v) is 3.89. The SMILES string of the molecule is N#Cc1ccc2[nH]c(-c3nc4ccc(NCCN5CCOCC5)cc4[nH]c3=O)cc2c1. The van der Waals surface area contributed by atoms with E-state index in [1.54, 1.807) is 12.1 Å². The summed E-state index contributed by atoms with van der Waals surface area (Å²) in [4.78, 5) is 25.9. The zero-order valence-corrected chi connectivity index (χ0v) is 16.9. The van der Waals surface area contributed by atoms with E-state index >= 15 is 0 Å². The molecular formula is C23H22N6O2. The molecule has 0 bridgehead atoms. The van der Waals surface area contributed by atoms with E-state index in [1.165, 1.54) is 0 Å². The average Bonchev–Trinajstić information content (AvgIpc) is 3.22. The van der Waals surface area contributed by atoms with Gasteiger partial charge in [0.05, 0.1) is 41.6 Å². The van der Waals surface area contributed by atoms with Crippen LogP contribution in [-0.2, 0) is 4.74 Å². The van der Waals surface area contributed by atoms with E-state index in [-0.39, 0.29) is 5.56 Å². The van der Waals surface area contributed by atoms with Crippen molar-refractivity contribution in [3.63, 3.8) is 0 Å². The van der Waals surface area contributed by atoms with E-state index in [4.69, 9.17) is 10.00 Å². The molecule has 31 heavy (non-hydrogen) atoms. The van der Waals surface area contributed by atoms with Gasteiger partial charge >= 0.3 is 0 Å². The second-order valence-corrected chi connectivity index (χ2v) is 7.62. The molecule has 1 fully saturated rings. The van der Waals surface area contributed by atoms with Crippen molar-refractivity contribution in [1.82, 2.24) is 19.9 Å². The largest absolute Gasteiger partial charge is 0.384 e. The van der Waals surface area contributed by atoms with E-state index in [1.807, 2.05) is 30.3 Å². The van der Waals surface area contributed by atoms with Crippen LogP contribution in [0.25, 0.3) is 33.3 Å². The minimum Gasteiger partial charge on any atom is -0.384 e. The van der Waals surface area contributed by atoms with Crippen LogP contribution in [0.3, 0.4) is 0 Å². The number of morpholine rings is 1. The van der Waals surface area contributed by atoms with Crippen LogP contribution >= 0.6 is 0 Å². The summed E-state index contributed by atoms with van der Waals surface area (Å²) in [5.41, 5.74) is 4.47. The lowest BCUT2D eigenvalue weighted by Crippen LogP contribution is -2.39. The van der Waals surface area contributed by atoms with Crippen LogP contribution in [0, 0.1) is 11.3 Å². The molecule has 0 saturated carbocycles.